The zero-order valence-corrected chi connectivity index (χ0v) is 12.5. The summed E-state index contributed by atoms with van der Waals surface area (Å²) in [5.74, 6) is 0. The molecule has 0 bridgehead atoms. The maximum Gasteiger partial charge on any atom is 0.185 e. The number of thiazole rings is 1. The Labute approximate surface area is 109 Å². The first-order valence-electron chi connectivity index (χ1n) is 6.55. The Morgan fingerprint density at radius 3 is 2.59 bits per heavy atom. The molecule has 1 N–H and O–H groups in total. The van der Waals surface area contributed by atoms with Gasteiger partial charge >= 0.3 is 0 Å². The van der Waals surface area contributed by atoms with Crippen LogP contribution in [0.5, 0.6) is 0 Å². The van der Waals surface area contributed by atoms with Crippen LogP contribution >= 0.6 is 11.3 Å². The zero-order chi connectivity index (χ0) is 12.8. The maximum absolute atomic E-state index is 4.56. The average molecular weight is 255 g/mol. The minimum Gasteiger partial charge on any atom is -0.346 e. The fourth-order valence-corrected chi connectivity index (χ4v) is 2.93. The third-order valence-electron chi connectivity index (χ3n) is 2.78. The van der Waals surface area contributed by atoms with Gasteiger partial charge in [-0.25, -0.2) is 4.98 Å². The van der Waals surface area contributed by atoms with Crippen molar-refractivity contribution < 1.29 is 0 Å². The van der Waals surface area contributed by atoms with Crippen molar-refractivity contribution in [3.63, 3.8) is 0 Å². The van der Waals surface area contributed by atoms with Gasteiger partial charge in [-0.2, -0.15) is 0 Å². The van der Waals surface area contributed by atoms with Gasteiger partial charge in [0.05, 0.1) is 0 Å². The SMILES string of the molecule is CCCN(c1ncc(C(C)NCC)s1)C(C)C. The summed E-state index contributed by atoms with van der Waals surface area (Å²) in [4.78, 5) is 8.27. The Kier molecular flexibility index (Phi) is 5.92. The Balaban J connectivity index is 2.77. The molecule has 1 aromatic heterocycles. The average Bonchev–Trinajstić information content (AvgIpc) is 2.74. The summed E-state index contributed by atoms with van der Waals surface area (Å²) in [7, 11) is 0. The van der Waals surface area contributed by atoms with Crippen LogP contribution in [0, 0.1) is 0 Å². The van der Waals surface area contributed by atoms with E-state index in [9.17, 15) is 0 Å². The van der Waals surface area contributed by atoms with Crippen LogP contribution < -0.4 is 10.2 Å². The van der Waals surface area contributed by atoms with Gasteiger partial charge in [0.1, 0.15) is 0 Å². The fraction of sp³-hybridized carbons (Fsp3) is 0.769. The molecule has 4 heteroatoms. The number of nitrogens with zero attached hydrogens (tertiary/aromatic N) is 2. The number of rotatable bonds is 7. The van der Waals surface area contributed by atoms with E-state index in [1.54, 1.807) is 0 Å². The minimum atomic E-state index is 0.405. The number of anilines is 1. The van der Waals surface area contributed by atoms with Gasteiger partial charge in [0.2, 0.25) is 0 Å². The van der Waals surface area contributed by atoms with Crippen molar-refractivity contribution in [2.45, 2.75) is 53.1 Å². The lowest BCUT2D eigenvalue weighted by atomic mass is 10.3. The van der Waals surface area contributed by atoms with Crippen LogP contribution in [-0.2, 0) is 0 Å². The third-order valence-corrected chi connectivity index (χ3v) is 4.00. The molecule has 1 rings (SSSR count). The molecule has 0 aromatic carbocycles. The molecule has 0 saturated carbocycles. The molecular weight excluding hydrogens is 230 g/mol. The maximum atomic E-state index is 4.56. The van der Waals surface area contributed by atoms with Gasteiger partial charge in [0.25, 0.3) is 0 Å². The van der Waals surface area contributed by atoms with Gasteiger partial charge in [0.15, 0.2) is 5.13 Å². The second kappa shape index (κ2) is 6.97. The molecule has 1 unspecified atom stereocenters. The van der Waals surface area contributed by atoms with Gasteiger partial charge in [-0.1, -0.05) is 13.8 Å². The molecule has 0 amide bonds. The highest BCUT2D eigenvalue weighted by Crippen LogP contribution is 2.28. The molecule has 0 aliphatic heterocycles. The standard InChI is InChI=1S/C13H25N3S/c1-6-8-16(10(3)4)13-15-9-12(17-13)11(5)14-7-2/h9-11,14H,6-8H2,1-5H3. The summed E-state index contributed by atoms with van der Waals surface area (Å²) in [6.45, 7) is 13.1. The number of nitrogens with one attached hydrogen (secondary N) is 1. The van der Waals surface area contributed by atoms with Crippen molar-refractivity contribution in [2.24, 2.45) is 0 Å². The van der Waals surface area contributed by atoms with Crippen LogP contribution in [0.4, 0.5) is 5.13 Å². The largest absolute Gasteiger partial charge is 0.346 e. The molecular formula is C13H25N3S. The van der Waals surface area contributed by atoms with E-state index in [2.05, 4.69) is 49.8 Å². The van der Waals surface area contributed by atoms with Gasteiger partial charge in [-0.05, 0) is 33.7 Å². The third kappa shape index (κ3) is 3.96. The van der Waals surface area contributed by atoms with Crippen molar-refractivity contribution >= 4 is 16.5 Å². The van der Waals surface area contributed by atoms with Crippen molar-refractivity contribution in [3.05, 3.63) is 11.1 Å². The number of hydrogen-bond acceptors (Lipinski definition) is 4. The molecule has 0 spiro atoms. The number of hydrogen-bond donors (Lipinski definition) is 1. The summed E-state index contributed by atoms with van der Waals surface area (Å²) < 4.78 is 0. The quantitative estimate of drug-likeness (QED) is 0.809. The summed E-state index contributed by atoms with van der Waals surface area (Å²) >= 11 is 1.81. The molecule has 0 aliphatic carbocycles. The van der Waals surface area contributed by atoms with Crippen molar-refractivity contribution in [3.8, 4) is 0 Å². The first-order chi connectivity index (χ1) is 8.10. The van der Waals surface area contributed by atoms with Crippen LogP contribution in [-0.4, -0.2) is 24.1 Å². The first-order valence-corrected chi connectivity index (χ1v) is 7.37. The van der Waals surface area contributed by atoms with E-state index in [0.29, 0.717) is 12.1 Å². The molecule has 0 aliphatic rings. The molecule has 3 nitrogen and oxygen atoms in total. The monoisotopic (exact) mass is 255 g/mol. The lowest BCUT2D eigenvalue weighted by Crippen LogP contribution is -2.31. The summed E-state index contributed by atoms with van der Waals surface area (Å²) in [5.41, 5.74) is 0. The highest BCUT2D eigenvalue weighted by atomic mass is 32.1. The summed E-state index contributed by atoms with van der Waals surface area (Å²) in [6.07, 6.45) is 3.17. The van der Waals surface area contributed by atoms with Gasteiger partial charge < -0.3 is 10.2 Å². The second-order valence-electron chi connectivity index (χ2n) is 4.61. The zero-order valence-electron chi connectivity index (χ0n) is 11.7. The first kappa shape index (κ1) is 14.5. The van der Waals surface area contributed by atoms with E-state index in [1.165, 1.54) is 4.88 Å². The molecule has 0 fully saturated rings. The van der Waals surface area contributed by atoms with Crippen molar-refractivity contribution in [2.75, 3.05) is 18.0 Å². The molecule has 1 heterocycles. The van der Waals surface area contributed by atoms with Crippen molar-refractivity contribution in [1.82, 2.24) is 10.3 Å². The molecule has 98 valence electrons. The Hall–Kier alpha value is -0.610. The Bertz CT molecular complexity index is 322. The van der Waals surface area contributed by atoms with E-state index in [1.807, 2.05) is 17.5 Å². The predicted molar refractivity (Wildman–Crippen MR) is 77.0 cm³/mol. The molecule has 0 radical (unpaired) electrons. The van der Waals surface area contributed by atoms with E-state index in [-0.39, 0.29) is 0 Å². The lowest BCUT2D eigenvalue weighted by Gasteiger charge is -2.25. The molecule has 1 atom stereocenters. The summed E-state index contributed by atoms with van der Waals surface area (Å²) in [6, 6.07) is 0.922. The van der Waals surface area contributed by atoms with Crippen molar-refractivity contribution in [1.29, 1.82) is 0 Å². The van der Waals surface area contributed by atoms with Gasteiger partial charge in [-0.3, -0.25) is 0 Å². The fourth-order valence-electron chi connectivity index (χ4n) is 1.83. The Morgan fingerprint density at radius 2 is 2.06 bits per heavy atom. The van der Waals surface area contributed by atoms with Gasteiger partial charge in [0, 0.05) is 29.7 Å². The molecule has 0 saturated heterocycles. The highest BCUT2D eigenvalue weighted by Gasteiger charge is 2.15. The Morgan fingerprint density at radius 1 is 1.35 bits per heavy atom. The van der Waals surface area contributed by atoms with Crippen LogP contribution in [0.15, 0.2) is 6.20 Å². The molecule has 1 aromatic rings. The second-order valence-corrected chi connectivity index (χ2v) is 5.65. The number of aromatic nitrogens is 1. The van der Waals surface area contributed by atoms with E-state index in [4.69, 9.17) is 0 Å². The van der Waals surface area contributed by atoms with Crippen LogP contribution in [0.3, 0.4) is 0 Å². The minimum absolute atomic E-state index is 0.405. The van der Waals surface area contributed by atoms with Crippen LogP contribution in [0.2, 0.25) is 0 Å². The van der Waals surface area contributed by atoms with Crippen LogP contribution in [0.25, 0.3) is 0 Å². The highest BCUT2D eigenvalue weighted by molar-refractivity contribution is 7.15. The van der Waals surface area contributed by atoms with Gasteiger partial charge in [-0.15, -0.1) is 11.3 Å². The topological polar surface area (TPSA) is 28.2 Å². The molecule has 17 heavy (non-hydrogen) atoms. The van der Waals surface area contributed by atoms with Crippen LogP contribution in [0.1, 0.15) is 52.0 Å². The lowest BCUT2D eigenvalue weighted by molar-refractivity contribution is 0.606. The normalized spacial score (nSPS) is 13.1. The van der Waals surface area contributed by atoms with E-state index in [0.717, 1.165) is 24.6 Å². The smallest absolute Gasteiger partial charge is 0.185 e. The predicted octanol–water partition coefficient (Wildman–Crippen LogP) is 3.44. The van der Waals surface area contributed by atoms with E-state index >= 15 is 0 Å². The summed E-state index contributed by atoms with van der Waals surface area (Å²) in [5, 5.41) is 4.58. The van der Waals surface area contributed by atoms with E-state index < -0.39 is 0 Å².